The number of anilines is 1. The molecule has 3 rings (SSSR count). The Balaban J connectivity index is 1.99. The first-order valence-corrected chi connectivity index (χ1v) is 7.21. The summed E-state index contributed by atoms with van der Waals surface area (Å²) in [6, 6.07) is 6.75. The molecule has 1 saturated heterocycles. The Morgan fingerprint density at radius 1 is 1.19 bits per heavy atom. The van der Waals surface area contributed by atoms with Gasteiger partial charge in [-0.15, -0.1) is 0 Å². The van der Waals surface area contributed by atoms with Gasteiger partial charge >= 0.3 is 5.97 Å². The van der Waals surface area contributed by atoms with Gasteiger partial charge in [-0.05, 0) is 24.5 Å². The molecular formula is C16H17NO4. The molecule has 1 heterocycles. The molecule has 1 aromatic carbocycles. The van der Waals surface area contributed by atoms with E-state index in [0.717, 1.165) is 25.7 Å². The van der Waals surface area contributed by atoms with Crippen LogP contribution in [0.5, 0.6) is 0 Å². The van der Waals surface area contributed by atoms with Crippen molar-refractivity contribution in [3.05, 3.63) is 29.8 Å². The third kappa shape index (κ3) is 2.22. The number of carboxylic acid groups (broad SMARTS) is 1. The number of carbonyl (C=O) groups is 3. The van der Waals surface area contributed by atoms with Crippen LogP contribution in [0, 0.1) is 5.41 Å². The number of imide groups is 1. The molecule has 110 valence electrons. The monoisotopic (exact) mass is 287 g/mol. The summed E-state index contributed by atoms with van der Waals surface area (Å²) in [6.07, 6.45) is 3.53. The highest BCUT2D eigenvalue weighted by Gasteiger charge is 2.53. The molecule has 0 radical (unpaired) electrons. The van der Waals surface area contributed by atoms with E-state index in [9.17, 15) is 14.4 Å². The molecule has 1 aromatic rings. The van der Waals surface area contributed by atoms with Gasteiger partial charge in [-0.1, -0.05) is 31.0 Å². The second-order valence-electron chi connectivity index (χ2n) is 5.90. The normalized spacial score (nSPS) is 20.5. The first kappa shape index (κ1) is 13.8. The van der Waals surface area contributed by atoms with E-state index >= 15 is 0 Å². The average Bonchev–Trinajstić information content (AvgIpc) is 2.98. The van der Waals surface area contributed by atoms with Crippen LogP contribution in [0.4, 0.5) is 5.69 Å². The zero-order valence-corrected chi connectivity index (χ0v) is 11.7. The fourth-order valence-electron chi connectivity index (χ4n) is 3.52. The van der Waals surface area contributed by atoms with Crippen molar-refractivity contribution < 1.29 is 19.5 Å². The highest BCUT2D eigenvalue weighted by Crippen LogP contribution is 2.48. The minimum atomic E-state index is -0.975. The van der Waals surface area contributed by atoms with Gasteiger partial charge in [-0.2, -0.15) is 0 Å². The van der Waals surface area contributed by atoms with Gasteiger partial charge in [0, 0.05) is 6.42 Å². The lowest BCUT2D eigenvalue weighted by Crippen LogP contribution is -2.35. The first-order chi connectivity index (χ1) is 10.0. The Bertz CT molecular complexity index is 616. The molecule has 1 aliphatic carbocycles. The summed E-state index contributed by atoms with van der Waals surface area (Å²) in [5.41, 5.74) is 0.397. The average molecular weight is 287 g/mol. The van der Waals surface area contributed by atoms with Gasteiger partial charge < -0.3 is 5.11 Å². The largest absolute Gasteiger partial charge is 0.481 e. The second kappa shape index (κ2) is 4.98. The highest BCUT2D eigenvalue weighted by atomic mass is 16.4. The molecule has 0 unspecified atom stereocenters. The van der Waals surface area contributed by atoms with Crippen molar-refractivity contribution in [3.63, 3.8) is 0 Å². The standard InChI is InChI=1S/C16H17NO4/c18-13-10-16(7-3-4-8-16)15(21)17(13)12-6-2-1-5-11(12)9-14(19)20/h1-2,5-6H,3-4,7-10H2,(H,19,20). The molecule has 1 saturated carbocycles. The summed E-state index contributed by atoms with van der Waals surface area (Å²) < 4.78 is 0. The molecule has 0 atom stereocenters. The van der Waals surface area contributed by atoms with Crippen molar-refractivity contribution in [1.29, 1.82) is 0 Å². The summed E-state index contributed by atoms with van der Waals surface area (Å²) in [7, 11) is 0. The number of rotatable bonds is 3. The molecule has 1 aliphatic heterocycles. The summed E-state index contributed by atoms with van der Waals surface area (Å²) in [6.45, 7) is 0. The van der Waals surface area contributed by atoms with Crippen molar-refractivity contribution in [2.24, 2.45) is 5.41 Å². The lowest BCUT2D eigenvalue weighted by atomic mass is 9.84. The molecule has 0 aromatic heterocycles. The smallest absolute Gasteiger partial charge is 0.307 e. The number of benzene rings is 1. The van der Waals surface area contributed by atoms with Crippen LogP contribution >= 0.6 is 0 Å². The molecule has 5 heteroatoms. The van der Waals surface area contributed by atoms with E-state index < -0.39 is 11.4 Å². The molecule has 21 heavy (non-hydrogen) atoms. The van der Waals surface area contributed by atoms with Crippen molar-refractivity contribution >= 4 is 23.5 Å². The zero-order valence-electron chi connectivity index (χ0n) is 11.7. The summed E-state index contributed by atoms with van der Waals surface area (Å²) in [4.78, 5) is 37.3. The molecular weight excluding hydrogens is 270 g/mol. The lowest BCUT2D eigenvalue weighted by molar-refractivity contribution is -0.136. The minimum Gasteiger partial charge on any atom is -0.481 e. The van der Waals surface area contributed by atoms with Crippen LogP contribution in [0.2, 0.25) is 0 Å². The Morgan fingerprint density at radius 2 is 1.86 bits per heavy atom. The van der Waals surface area contributed by atoms with Gasteiger partial charge in [0.2, 0.25) is 11.8 Å². The molecule has 5 nitrogen and oxygen atoms in total. The Labute approximate surface area is 122 Å². The van der Waals surface area contributed by atoms with Gasteiger partial charge in [-0.3, -0.25) is 14.4 Å². The van der Waals surface area contributed by atoms with E-state index in [1.807, 2.05) is 0 Å². The molecule has 0 bridgehead atoms. The van der Waals surface area contributed by atoms with E-state index in [1.165, 1.54) is 4.90 Å². The maximum atomic E-state index is 12.7. The third-order valence-electron chi connectivity index (χ3n) is 4.53. The van der Waals surface area contributed by atoms with E-state index in [1.54, 1.807) is 24.3 Å². The van der Waals surface area contributed by atoms with Crippen LogP contribution in [0.25, 0.3) is 0 Å². The number of hydrogen-bond acceptors (Lipinski definition) is 3. The fourth-order valence-corrected chi connectivity index (χ4v) is 3.52. The van der Waals surface area contributed by atoms with E-state index in [0.29, 0.717) is 11.3 Å². The second-order valence-corrected chi connectivity index (χ2v) is 5.90. The van der Waals surface area contributed by atoms with Gasteiger partial charge in [0.05, 0.1) is 17.5 Å². The summed E-state index contributed by atoms with van der Waals surface area (Å²) >= 11 is 0. The van der Waals surface area contributed by atoms with Crippen molar-refractivity contribution in [1.82, 2.24) is 0 Å². The van der Waals surface area contributed by atoms with E-state index in [-0.39, 0.29) is 24.7 Å². The first-order valence-electron chi connectivity index (χ1n) is 7.21. The molecule has 1 spiro atoms. The zero-order chi connectivity index (χ0) is 15.0. The molecule has 1 N–H and O–H groups in total. The van der Waals surface area contributed by atoms with Crippen LogP contribution in [0.3, 0.4) is 0 Å². The van der Waals surface area contributed by atoms with E-state index in [4.69, 9.17) is 5.11 Å². The van der Waals surface area contributed by atoms with Crippen molar-refractivity contribution in [2.75, 3.05) is 4.90 Å². The summed E-state index contributed by atoms with van der Waals surface area (Å²) in [5, 5.41) is 8.98. The van der Waals surface area contributed by atoms with Crippen LogP contribution in [0.15, 0.2) is 24.3 Å². The maximum absolute atomic E-state index is 12.7. The van der Waals surface area contributed by atoms with Crippen LogP contribution in [0.1, 0.15) is 37.7 Å². The van der Waals surface area contributed by atoms with Gasteiger partial charge in [0.1, 0.15) is 0 Å². The number of carbonyl (C=O) groups excluding carboxylic acids is 2. The summed E-state index contributed by atoms with van der Waals surface area (Å²) in [5.74, 6) is -1.33. The molecule has 2 aliphatic rings. The number of hydrogen-bond donors (Lipinski definition) is 1. The van der Waals surface area contributed by atoms with Crippen molar-refractivity contribution in [2.45, 2.75) is 38.5 Å². The van der Waals surface area contributed by atoms with Crippen LogP contribution in [-0.4, -0.2) is 22.9 Å². The SMILES string of the molecule is O=C(O)Cc1ccccc1N1C(=O)CC2(CCCC2)C1=O. The Kier molecular flexibility index (Phi) is 3.27. The van der Waals surface area contributed by atoms with Crippen LogP contribution < -0.4 is 4.90 Å². The van der Waals surface area contributed by atoms with Crippen molar-refractivity contribution in [3.8, 4) is 0 Å². The topological polar surface area (TPSA) is 74.7 Å². The Morgan fingerprint density at radius 3 is 2.52 bits per heavy atom. The predicted octanol–water partition coefficient (Wildman–Crippen LogP) is 2.14. The molecule has 2 amide bonds. The minimum absolute atomic E-state index is 0.150. The van der Waals surface area contributed by atoms with Gasteiger partial charge in [0.15, 0.2) is 0 Å². The maximum Gasteiger partial charge on any atom is 0.307 e. The Hall–Kier alpha value is -2.17. The molecule has 2 fully saturated rings. The number of aliphatic carboxylic acids is 1. The lowest BCUT2D eigenvalue weighted by Gasteiger charge is -2.22. The van der Waals surface area contributed by atoms with Gasteiger partial charge in [-0.25, -0.2) is 4.90 Å². The van der Waals surface area contributed by atoms with E-state index in [2.05, 4.69) is 0 Å². The fraction of sp³-hybridized carbons (Fsp3) is 0.438. The number of carboxylic acids is 1. The quantitative estimate of drug-likeness (QED) is 0.864. The third-order valence-corrected chi connectivity index (χ3v) is 4.53. The van der Waals surface area contributed by atoms with Gasteiger partial charge in [0.25, 0.3) is 0 Å². The number of nitrogens with zero attached hydrogens (tertiary/aromatic N) is 1. The van der Waals surface area contributed by atoms with Crippen LogP contribution in [-0.2, 0) is 20.8 Å². The number of amides is 2. The number of para-hydroxylation sites is 1. The predicted molar refractivity (Wildman–Crippen MR) is 75.8 cm³/mol. The highest BCUT2D eigenvalue weighted by molar-refractivity contribution is 6.23.